The van der Waals surface area contributed by atoms with E-state index in [1.807, 2.05) is 25.1 Å². The first kappa shape index (κ1) is 16.9. The van der Waals surface area contributed by atoms with Gasteiger partial charge in [-0.15, -0.1) is 0 Å². The second-order valence-electron chi connectivity index (χ2n) is 7.07. The number of carbonyl (C=O) groups excluding carboxylic acids is 1. The summed E-state index contributed by atoms with van der Waals surface area (Å²) in [5.41, 5.74) is 3.76. The van der Waals surface area contributed by atoms with Gasteiger partial charge < -0.3 is 20.1 Å². The molecule has 0 saturated heterocycles. The van der Waals surface area contributed by atoms with E-state index in [4.69, 9.17) is 9.47 Å². The number of quaternary nitrogens is 1. The molecule has 0 aromatic heterocycles. The monoisotopic (exact) mass is 353 g/mol. The highest BCUT2D eigenvalue weighted by atomic mass is 16.7. The van der Waals surface area contributed by atoms with Gasteiger partial charge in [0, 0.05) is 5.56 Å². The third kappa shape index (κ3) is 3.53. The molecule has 0 spiro atoms. The summed E-state index contributed by atoms with van der Waals surface area (Å²) in [6, 6.07) is 14.4. The summed E-state index contributed by atoms with van der Waals surface area (Å²) in [6.07, 6.45) is 3.24. The molecule has 1 amide bonds. The fourth-order valence-corrected chi connectivity index (χ4v) is 3.69. The van der Waals surface area contributed by atoms with E-state index < -0.39 is 0 Å². The number of nitrogens with two attached hydrogens (primary N) is 1. The first-order valence-corrected chi connectivity index (χ1v) is 9.31. The van der Waals surface area contributed by atoms with Gasteiger partial charge in [0.25, 0.3) is 5.91 Å². The number of nitrogens with one attached hydrogen (secondary N) is 1. The van der Waals surface area contributed by atoms with Crippen LogP contribution < -0.4 is 20.1 Å². The molecule has 2 aliphatic rings. The van der Waals surface area contributed by atoms with E-state index in [1.54, 1.807) is 0 Å². The van der Waals surface area contributed by atoms with Crippen LogP contribution in [0.25, 0.3) is 0 Å². The van der Waals surface area contributed by atoms with Crippen molar-refractivity contribution in [1.29, 1.82) is 0 Å². The predicted molar refractivity (Wildman–Crippen MR) is 97.9 cm³/mol. The zero-order valence-corrected chi connectivity index (χ0v) is 15.0. The molecule has 2 aromatic carbocycles. The van der Waals surface area contributed by atoms with Gasteiger partial charge in [0.05, 0.1) is 6.04 Å². The smallest absolute Gasteiger partial charge is 0.278 e. The van der Waals surface area contributed by atoms with Crippen molar-refractivity contribution in [2.75, 3.05) is 6.79 Å². The lowest BCUT2D eigenvalue weighted by Gasteiger charge is -2.27. The summed E-state index contributed by atoms with van der Waals surface area (Å²) < 4.78 is 10.7. The molecule has 1 heterocycles. The number of benzene rings is 2. The molecule has 0 saturated carbocycles. The van der Waals surface area contributed by atoms with E-state index in [9.17, 15) is 4.79 Å². The Hall–Kier alpha value is -2.53. The minimum Gasteiger partial charge on any atom is -0.454 e. The summed E-state index contributed by atoms with van der Waals surface area (Å²) >= 11 is 0. The minimum atomic E-state index is -0.144. The Balaban J connectivity index is 1.34. The molecule has 2 aromatic rings. The van der Waals surface area contributed by atoms with Crippen molar-refractivity contribution >= 4 is 5.91 Å². The number of ether oxygens (including phenoxy) is 2. The van der Waals surface area contributed by atoms with Crippen LogP contribution in [-0.4, -0.2) is 18.7 Å². The van der Waals surface area contributed by atoms with E-state index in [0.717, 1.165) is 42.9 Å². The van der Waals surface area contributed by atoms with Crippen LogP contribution in [0.5, 0.6) is 11.5 Å². The zero-order chi connectivity index (χ0) is 17.9. The number of fused-ring (bicyclic) bond motifs is 2. The number of hydrogen-bond acceptors (Lipinski definition) is 3. The van der Waals surface area contributed by atoms with Crippen LogP contribution in [0.4, 0.5) is 0 Å². The maximum absolute atomic E-state index is 12.6. The summed E-state index contributed by atoms with van der Waals surface area (Å²) in [5, 5.41) is 5.30. The lowest BCUT2D eigenvalue weighted by atomic mass is 9.87. The van der Waals surface area contributed by atoms with Crippen molar-refractivity contribution < 1.29 is 19.6 Å². The highest BCUT2D eigenvalue weighted by Crippen LogP contribution is 2.32. The van der Waals surface area contributed by atoms with Crippen LogP contribution in [0.3, 0.4) is 0 Å². The fraction of sp³-hybridized carbons (Fsp3) is 0.381. The number of amides is 1. The van der Waals surface area contributed by atoms with E-state index in [-0.39, 0.29) is 24.8 Å². The number of carbonyl (C=O) groups is 1. The van der Waals surface area contributed by atoms with Crippen LogP contribution in [0, 0.1) is 0 Å². The van der Waals surface area contributed by atoms with Gasteiger partial charge >= 0.3 is 0 Å². The average Bonchev–Trinajstić information content (AvgIpc) is 3.14. The Morgan fingerprint density at radius 2 is 2.08 bits per heavy atom. The molecule has 3 N–H and O–H groups in total. The number of aryl methyl sites for hydroxylation is 1. The average molecular weight is 353 g/mol. The Kier molecular flexibility index (Phi) is 4.80. The fourth-order valence-electron chi connectivity index (χ4n) is 3.69. The lowest BCUT2D eigenvalue weighted by molar-refractivity contribution is -0.689. The topological polar surface area (TPSA) is 64.2 Å². The first-order valence-electron chi connectivity index (χ1n) is 9.31. The molecule has 5 heteroatoms. The molecule has 0 bridgehead atoms. The molecule has 0 fully saturated rings. The van der Waals surface area contributed by atoms with Crippen molar-refractivity contribution in [3.8, 4) is 11.5 Å². The Morgan fingerprint density at radius 3 is 3.00 bits per heavy atom. The third-order valence-corrected chi connectivity index (χ3v) is 5.24. The molecule has 5 nitrogen and oxygen atoms in total. The van der Waals surface area contributed by atoms with Crippen molar-refractivity contribution in [2.24, 2.45) is 0 Å². The molecule has 1 aliphatic heterocycles. The Labute approximate surface area is 153 Å². The standard InChI is InChI=1S/C21H24N2O3/c1-14(22-12-15-9-10-19-20(11-15)26-13-25-19)21(24)23-18-8-4-6-16-5-2-3-7-17(16)18/h2-3,5,7,9-11,14,18,22H,4,6,8,12-13H2,1H3,(H,23,24)/p+1/t14-,18-/m0/s1. The minimum absolute atomic E-state index is 0.0902. The summed E-state index contributed by atoms with van der Waals surface area (Å²) in [5.74, 6) is 1.66. The largest absolute Gasteiger partial charge is 0.454 e. The van der Waals surface area contributed by atoms with Gasteiger partial charge in [-0.25, -0.2) is 0 Å². The summed E-state index contributed by atoms with van der Waals surface area (Å²) in [6.45, 7) is 2.97. The van der Waals surface area contributed by atoms with Crippen LogP contribution in [0.1, 0.15) is 42.5 Å². The van der Waals surface area contributed by atoms with E-state index in [0.29, 0.717) is 0 Å². The maximum atomic E-state index is 12.6. The predicted octanol–water partition coefficient (Wildman–Crippen LogP) is 2.06. The van der Waals surface area contributed by atoms with Crippen LogP contribution >= 0.6 is 0 Å². The van der Waals surface area contributed by atoms with Gasteiger partial charge in [0.15, 0.2) is 17.5 Å². The lowest BCUT2D eigenvalue weighted by Crippen LogP contribution is -2.90. The molecule has 4 rings (SSSR count). The quantitative estimate of drug-likeness (QED) is 0.865. The van der Waals surface area contributed by atoms with Crippen LogP contribution in [-0.2, 0) is 17.8 Å². The number of hydrogen-bond donors (Lipinski definition) is 2. The van der Waals surface area contributed by atoms with Gasteiger partial charge in [-0.2, -0.15) is 0 Å². The second-order valence-corrected chi connectivity index (χ2v) is 7.07. The molecule has 2 atom stereocenters. The highest BCUT2D eigenvalue weighted by Gasteiger charge is 2.25. The first-order chi connectivity index (χ1) is 12.7. The van der Waals surface area contributed by atoms with E-state index >= 15 is 0 Å². The van der Waals surface area contributed by atoms with Gasteiger partial charge in [-0.3, -0.25) is 4.79 Å². The third-order valence-electron chi connectivity index (χ3n) is 5.24. The normalized spacial score (nSPS) is 18.9. The highest BCUT2D eigenvalue weighted by molar-refractivity contribution is 5.80. The molecule has 0 radical (unpaired) electrons. The Morgan fingerprint density at radius 1 is 1.23 bits per heavy atom. The zero-order valence-electron chi connectivity index (χ0n) is 15.0. The van der Waals surface area contributed by atoms with E-state index in [2.05, 4.69) is 34.9 Å². The van der Waals surface area contributed by atoms with Crippen LogP contribution in [0.15, 0.2) is 42.5 Å². The van der Waals surface area contributed by atoms with E-state index in [1.165, 1.54) is 11.1 Å². The SMILES string of the molecule is C[C@H]([NH2+]Cc1ccc2c(c1)OCO2)C(=O)N[C@H]1CCCc2ccccc21. The second kappa shape index (κ2) is 7.38. The van der Waals surface area contributed by atoms with Gasteiger partial charge in [-0.1, -0.05) is 24.3 Å². The van der Waals surface area contributed by atoms with Crippen LogP contribution in [0.2, 0.25) is 0 Å². The molecule has 136 valence electrons. The molecular weight excluding hydrogens is 328 g/mol. The molecule has 0 unspecified atom stereocenters. The maximum Gasteiger partial charge on any atom is 0.278 e. The number of rotatable bonds is 5. The van der Waals surface area contributed by atoms with Gasteiger partial charge in [0.2, 0.25) is 6.79 Å². The van der Waals surface area contributed by atoms with Crippen molar-refractivity contribution in [1.82, 2.24) is 5.32 Å². The Bertz CT molecular complexity index is 806. The molecular formula is C21H25N2O3+. The van der Waals surface area contributed by atoms with Gasteiger partial charge in [-0.05, 0) is 55.5 Å². The van der Waals surface area contributed by atoms with Crippen molar-refractivity contribution in [2.45, 2.75) is 44.8 Å². The summed E-state index contributed by atoms with van der Waals surface area (Å²) in [4.78, 5) is 12.6. The van der Waals surface area contributed by atoms with Crippen molar-refractivity contribution in [3.05, 3.63) is 59.2 Å². The van der Waals surface area contributed by atoms with Crippen molar-refractivity contribution in [3.63, 3.8) is 0 Å². The van der Waals surface area contributed by atoms with Gasteiger partial charge in [0.1, 0.15) is 6.54 Å². The summed E-state index contributed by atoms with van der Waals surface area (Å²) in [7, 11) is 0. The molecule has 26 heavy (non-hydrogen) atoms. The molecule has 1 aliphatic carbocycles.